The fourth-order valence-electron chi connectivity index (χ4n) is 11.2. The Kier molecular flexibility index (Phi) is 26.3. The summed E-state index contributed by atoms with van der Waals surface area (Å²) in [6, 6.07) is 28.4. The second-order valence-electron chi connectivity index (χ2n) is 27.7. The van der Waals surface area contributed by atoms with Crippen molar-refractivity contribution in [2.24, 2.45) is 0 Å². The lowest BCUT2D eigenvalue weighted by Crippen LogP contribution is -2.44. The van der Waals surface area contributed by atoms with E-state index in [0.29, 0.717) is 30.5 Å². The Balaban J connectivity index is 0.000000172. The number of rotatable bonds is 7. The third-order valence-electron chi connectivity index (χ3n) is 17.0. The minimum atomic E-state index is -0.457. The fourth-order valence-corrected chi connectivity index (χ4v) is 11.8. The van der Waals surface area contributed by atoms with Crippen LogP contribution in [-0.4, -0.2) is 155 Å². The van der Waals surface area contributed by atoms with Gasteiger partial charge in [-0.15, -0.1) is 0 Å². The van der Waals surface area contributed by atoms with Crippen LogP contribution >= 0.6 is 23.2 Å². The summed E-state index contributed by atoms with van der Waals surface area (Å²) in [5.74, 6) is 0.155. The third kappa shape index (κ3) is 20.7. The van der Waals surface area contributed by atoms with Crippen molar-refractivity contribution < 1.29 is 13.2 Å². The SMILES string of the molecule is CC(C)(C)c1cc(F)c(N2CCNCC2)c(F)c1.CC(C)(C)c1ccc(N2CCNCC2)cc1F.CC(C)c1ccc(N2CCNCC2)c(Cl)c1.CN1CCN(c2ccc(C(C)(C)C)cc2Cl)CC1.Cc1cc(C(C)C)ccc1N1CCN(C)CC1. The van der Waals surface area contributed by atoms with Gasteiger partial charge >= 0.3 is 0 Å². The molecule has 0 unspecified atom stereocenters. The number of hydrogen-bond donors (Lipinski definition) is 3. The monoisotopic (exact) mass is 1230 g/mol. The zero-order valence-corrected chi connectivity index (χ0v) is 56.9. The highest BCUT2D eigenvalue weighted by Gasteiger charge is 2.25. The summed E-state index contributed by atoms with van der Waals surface area (Å²) in [5, 5.41) is 11.6. The van der Waals surface area contributed by atoms with Crippen LogP contribution in [0.4, 0.5) is 41.6 Å². The van der Waals surface area contributed by atoms with Gasteiger partial charge in [0.25, 0.3) is 0 Å². The molecule has 0 saturated carbocycles. The van der Waals surface area contributed by atoms with Crippen molar-refractivity contribution in [3.63, 3.8) is 0 Å². The van der Waals surface area contributed by atoms with Crippen LogP contribution in [0, 0.1) is 24.4 Å². The Morgan fingerprint density at radius 1 is 0.395 bits per heavy atom. The summed E-state index contributed by atoms with van der Waals surface area (Å²) < 4.78 is 42.3. The van der Waals surface area contributed by atoms with Crippen LogP contribution in [0.25, 0.3) is 0 Å². The summed E-state index contributed by atoms with van der Waals surface area (Å²) in [6.07, 6.45) is 0. The molecule has 0 radical (unpaired) electrons. The predicted octanol–water partition coefficient (Wildman–Crippen LogP) is 14.3. The number of piperazine rings is 5. The molecule has 5 aromatic rings. The molecule has 5 aliphatic heterocycles. The first-order chi connectivity index (χ1) is 40.5. The molecule has 15 heteroatoms. The molecule has 0 bridgehead atoms. The van der Waals surface area contributed by atoms with E-state index in [2.05, 4.69) is 169 Å². The lowest BCUT2D eigenvalue weighted by Gasteiger charge is -2.35. The van der Waals surface area contributed by atoms with Crippen molar-refractivity contribution >= 4 is 51.6 Å². The molecule has 476 valence electrons. The van der Waals surface area contributed by atoms with E-state index < -0.39 is 11.6 Å². The highest BCUT2D eigenvalue weighted by atomic mass is 35.5. The zero-order chi connectivity index (χ0) is 63.1. The molecule has 5 fully saturated rings. The quantitative estimate of drug-likeness (QED) is 0.147. The fraction of sp³-hybridized carbons (Fsp3) is 0.577. The normalized spacial score (nSPS) is 17.5. The molecule has 0 aliphatic carbocycles. The third-order valence-corrected chi connectivity index (χ3v) is 17.6. The molecule has 86 heavy (non-hydrogen) atoms. The van der Waals surface area contributed by atoms with E-state index >= 15 is 0 Å². The number of nitrogens with one attached hydrogen (secondary N) is 3. The van der Waals surface area contributed by atoms with E-state index in [1.54, 1.807) is 11.0 Å². The molecule has 0 atom stereocenters. The smallest absolute Gasteiger partial charge is 0.149 e. The maximum Gasteiger partial charge on any atom is 0.149 e. The number of anilines is 5. The highest BCUT2D eigenvalue weighted by Crippen LogP contribution is 2.35. The van der Waals surface area contributed by atoms with E-state index in [4.69, 9.17) is 23.2 Å². The van der Waals surface area contributed by atoms with Gasteiger partial charge in [0.15, 0.2) is 0 Å². The van der Waals surface area contributed by atoms with Gasteiger partial charge in [-0.3, -0.25) is 0 Å². The minimum absolute atomic E-state index is 0.0893. The Morgan fingerprint density at radius 2 is 0.791 bits per heavy atom. The average molecular weight is 1230 g/mol. The summed E-state index contributed by atoms with van der Waals surface area (Å²) in [4.78, 5) is 16.0. The van der Waals surface area contributed by atoms with Gasteiger partial charge in [0, 0.05) is 142 Å². The van der Waals surface area contributed by atoms with Crippen molar-refractivity contribution in [3.05, 3.63) is 146 Å². The van der Waals surface area contributed by atoms with Crippen LogP contribution < -0.4 is 40.4 Å². The number of nitrogens with zero attached hydrogens (tertiary/aromatic N) is 7. The average Bonchev–Trinajstić information content (AvgIpc) is 1.77. The lowest BCUT2D eigenvalue weighted by molar-refractivity contribution is 0.312. The maximum absolute atomic E-state index is 14.1. The van der Waals surface area contributed by atoms with Gasteiger partial charge < -0.3 is 50.2 Å². The van der Waals surface area contributed by atoms with Crippen molar-refractivity contribution in [2.75, 3.05) is 169 Å². The van der Waals surface area contributed by atoms with Gasteiger partial charge in [-0.1, -0.05) is 144 Å². The van der Waals surface area contributed by atoms with Crippen LogP contribution in [0.3, 0.4) is 0 Å². The van der Waals surface area contributed by atoms with Gasteiger partial charge in [-0.25, -0.2) is 13.2 Å². The van der Waals surface area contributed by atoms with Gasteiger partial charge in [-0.2, -0.15) is 0 Å². The molecular weight excluding hydrogens is 1120 g/mol. The molecule has 0 aromatic heterocycles. The maximum atomic E-state index is 14.1. The largest absolute Gasteiger partial charge is 0.369 e. The van der Waals surface area contributed by atoms with Crippen LogP contribution in [0.15, 0.2) is 84.9 Å². The van der Waals surface area contributed by atoms with Gasteiger partial charge in [0.2, 0.25) is 0 Å². The lowest BCUT2D eigenvalue weighted by atomic mass is 9.86. The van der Waals surface area contributed by atoms with Crippen LogP contribution in [0.2, 0.25) is 10.0 Å². The minimum Gasteiger partial charge on any atom is -0.369 e. The highest BCUT2D eigenvalue weighted by molar-refractivity contribution is 6.33. The number of halogens is 5. The first-order valence-electron chi connectivity index (χ1n) is 31.7. The Morgan fingerprint density at radius 3 is 1.20 bits per heavy atom. The Hall–Kier alpha value is -4.73. The molecule has 0 amide bonds. The Bertz CT molecular complexity index is 2860. The van der Waals surface area contributed by atoms with E-state index in [1.165, 1.54) is 64.5 Å². The second kappa shape index (κ2) is 32.1. The number of hydrogen-bond acceptors (Lipinski definition) is 10. The molecule has 5 aromatic carbocycles. The Labute approximate surface area is 528 Å². The van der Waals surface area contributed by atoms with E-state index in [9.17, 15) is 13.2 Å². The van der Waals surface area contributed by atoms with Gasteiger partial charge in [0.05, 0.1) is 21.4 Å². The van der Waals surface area contributed by atoms with Crippen molar-refractivity contribution in [1.29, 1.82) is 0 Å². The van der Waals surface area contributed by atoms with Crippen molar-refractivity contribution in [2.45, 2.75) is 125 Å². The molecule has 10 rings (SSSR count). The van der Waals surface area contributed by atoms with Gasteiger partial charge in [-0.05, 0) is 137 Å². The van der Waals surface area contributed by atoms with E-state index in [0.717, 1.165) is 126 Å². The molecular formula is C71H107Cl2F3N10. The first kappa shape index (κ1) is 70.4. The van der Waals surface area contributed by atoms with Crippen molar-refractivity contribution in [3.8, 4) is 0 Å². The summed E-state index contributed by atoms with van der Waals surface area (Å²) in [5.41, 5.74) is 11.6. The van der Waals surface area contributed by atoms with Crippen LogP contribution in [-0.2, 0) is 16.2 Å². The molecule has 5 heterocycles. The van der Waals surface area contributed by atoms with Crippen molar-refractivity contribution in [1.82, 2.24) is 25.8 Å². The molecule has 5 aliphatic rings. The first-order valence-corrected chi connectivity index (χ1v) is 32.5. The zero-order valence-electron chi connectivity index (χ0n) is 55.4. The second-order valence-corrected chi connectivity index (χ2v) is 28.5. The van der Waals surface area contributed by atoms with E-state index in [-0.39, 0.29) is 27.7 Å². The van der Waals surface area contributed by atoms with Crippen LogP contribution in [0.1, 0.15) is 135 Å². The topological polar surface area (TPSA) is 58.8 Å². The molecule has 10 nitrogen and oxygen atoms in total. The molecule has 3 N–H and O–H groups in total. The molecule has 5 saturated heterocycles. The summed E-state index contributed by atoms with van der Waals surface area (Å²) in [6.45, 7) is 49.6. The van der Waals surface area contributed by atoms with Crippen LogP contribution in [0.5, 0.6) is 0 Å². The number of aryl methyl sites for hydroxylation is 1. The van der Waals surface area contributed by atoms with Gasteiger partial charge in [0.1, 0.15) is 23.1 Å². The van der Waals surface area contributed by atoms with E-state index in [1.807, 2.05) is 53.7 Å². The number of likely N-dealkylation sites (N-methyl/N-ethyl adjacent to an activating group) is 2. The number of benzene rings is 5. The predicted molar refractivity (Wildman–Crippen MR) is 366 cm³/mol. The summed E-state index contributed by atoms with van der Waals surface area (Å²) in [7, 11) is 4.37. The molecule has 0 spiro atoms. The summed E-state index contributed by atoms with van der Waals surface area (Å²) >= 11 is 12.8. The standard InChI is InChI=1S/C15H23ClN2.C15H24N2.C14H20F2N2.C14H21FN2.C13H19ClN2/c1-15(2,3)12-5-6-14(13(16)11-12)18-9-7-17(4)8-10-18;1-12(2)14-5-6-15(13(3)11-14)17-9-7-16(4)8-10-17;1-14(2,3)10-8-11(15)13(12(16)9-10)18-6-4-17-5-7-18;1-14(2,3)12-5-4-11(10-13(12)15)17-8-6-16-7-9-17;1-10(2)11-3-4-13(12(14)9-11)16-7-5-15-6-8-16/h5-6,11H,7-10H2,1-4H3;5-6,11-12H,7-10H2,1-4H3;8-9,17H,4-7H2,1-3H3;4-5,10,16H,6-9H2,1-3H3;3-4,9-10,15H,5-8H2,1-2H3.